The Bertz CT molecular complexity index is 1560. The third-order valence-electron chi connectivity index (χ3n) is 4.79. The van der Waals surface area contributed by atoms with E-state index in [-0.39, 0.29) is 34.6 Å². The molecule has 39 heavy (non-hydrogen) atoms. The monoisotopic (exact) mass is 557 g/mol. The van der Waals surface area contributed by atoms with Gasteiger partial charge in [-0.25, -0.2) is 0 Å². The zero-order valence-electron chi connectivity index (χ0n) is 20.2. The van der Waals surface area contributed by atoms with E-state index in [2.05, 4.69) is 15.0 Å². The predicted molar refractivity (Wildman–Crippen MR) is 143 cm³/mol. The SMILES string of the molecule is O=S(=O)(O)O.[Al+3].[O-]c1cccc2cccnc12.[O-]c1cccc2cccnc12.[O-]c1cccc2cccnc12. The molecule has 0 radical (unpaired) electrons. The van der Waals surface area contributed by atoms with Crippen molar-refractivity contribution in [3.8, 4) is 17.2 Å². The van der Waals surface area contributed by atoms with E-state index in [0.29, 0.717) is 16.6 Å². The Balaban J connectivity index is 0.000000187. The molecular weight excluding hydrogens is 537 g/mol. The maximum Gasteiger partial charge on any atom is 3.00 e. The van der Waals surface area contributed by atoms with Crippen molar-refractivity contribution in [3.05, 3.63) is 110 Å². The van der Waals surface area contributed by atoms with Crippen molar-refractivity contribution in [2.24, 2.45) is 0 Å². The fraction of sp³-hybridized carbons (Fsp3) is 0. The fourth-order valence-corrected chi connectivity index (χ4v) is 3.23. The first-order valence-electron chi connectivity index (χ1n) is 10.9. The van der Waals surface area contributed by atoms with Gasteiger partial charge in [0, 0.05) is 18.6 Å². The molecule has 0 unspecified atom stereocenters. The van der Waals surface area contributed by atoms with Crippen LogP contribution in [-0.4, -0.2) is 49.8 Å². The van der Waals surface area contributed by atoms with Crippen LogP contribution in [0.25, 0.3) is 32.7 Å². The minimum absolute atomic E-state index is 0. The molecule has 0 aliphatic rings. The average molecular weight is 558 g/mol. The predicted octanol–water partition coefficient (Wildman–Crippen LogP) is 2.89. The Labute approximate surface area is 234 Å². The molecule has 0 atom stereocenters. The number of pyridine rings is 3. The normalized spacial score (nSPS) is 10.1. The Morgan fingerprint density at radius 2 is 0.718 bits per heavy atom. The Hall–Kier alpha value is -4.31. The summed E-state index contributed by atoms with van der Waals surface area (Å²) in [4.78, 5) is 11.9. The van der Waals surface area contributed by atoms with Gasteiger partial charge < -0.3 is 15.3 Å². The van der Waals surface area contributed by atoms with E-state index in [4.69, 9.17) is 17.5 Å². The van der Waals surface area contributed by atoms with Gasteiger partial charge in [0.05, 0.1) is 16.6 Å². The second-order valence-electron chi connectivity index (χ2n) is 7.44. The van der Waals surface area contributed by atoms with E-state index in [1.54, 1.807) is 36.8 Å². The molecule has 0 aliphatic carbocycles. The second-order valence-corrected chi connectivity index (χ2v) is 8.34. The van der Waals surface area contributed by atoms with Crippen LogP contribution in [0.5, 0.6) is 17.2 Å². The maximum absolute atomic E-state index is 11.1. The minimum Gasteiger partial charge on any atom is -0.871 e. The largest absolute Gasteiger partial charge is 3.00 e. The molecule has 3 aromatic carbocycles. The average Bonchev–Trinajstić information content (AvgIpc) is 2.90. The van der Waals surface area contributed by atoms with Gasteiger partial charge in [-0.05, 0) is 34.4 Å². The molecule has 0 amide bonds. The molecule has 0 aliphatic heterocycles. The molecule has 6 aromatic rings. The van der Waals surface area contributed by atoms with Gasteiger partial charge >= 0.3 is 27.8 Å². The topological polar surface area (TPSA) is 182 Å². The van der Waals surface area contributed by atoms with Crippen LogP contribution in [-0.2, 0) is 10.4 Å². The van der Waals surface area contributed by atoms with Gasteiger partial charge in [-0.1, -0.05) is 90.0 Å². The van der Waals surface area contributed by atoms with Crippen molar-refractivity contribution in [1.29, 1.82) is 0 Å². The van der Waals surface area contributed by atoms with Crippen LogP contribution in [0.3, 0.4) is 0 Å². The maximum atomic E-state index is 11.1. The number of fused-ring (bicyclic) bond motifs is 3. The molecule has 12 heteroatoms. The van der Waals surface area contributed by atoms with Gasteiger partial charge in [-0.15, -0.1) is 0 Å². The molecule has 2 N–H and O–H groups in total. The summed E-state index contributed by atoms with van der Waals surface area (Å²) >= 11 is 0. The summed E-state index contributed by atoms with van der Waals surface area (Å²) in [5.41, 5.74) is 1.65. The van der Waals surface area contributed by atoms with Crippen molar-refractivity contribution >= 4 is 60.5 Å². The third-order valence-corrected chi connectivity index (χ3v) is 4.79. The summed E-state index contributed by atoms with van der Waals surface area (Å²) in [6.07, 6.45) is 4.89. The van der Waals surface area contributed by atoms with Gasteiger partial charge in [0.15, 0.2) is 0 Å². The molecule has 0 spiro atoms. The third kappa shape index (κ3) is 9.82. The number of rotatable bonds is 0. The summed E-state index contributed by atoms with van der Waals surface area (Å²) in [5.74, 6) is -0.0331. The molecule has 0 bridgehead atoms. The van der Waals surface area contributed by atoms with Crippen molar-refractivity contribution in [2.75, 3.05) is 0 Å². The van der Waals surface area contributed by atoms with E-state index in [1.807, 2.05) is 54.6 Å². The van der Waals surface area contributed by atoms with Crippen LogP contribution in [0, 0.1) is 0 Å². The van der Waals surface area contributed by atoms with Crippen LogP contribution >= 0.6 is 0 Å². The van der Waals surface area contributed by atoms with Gasteiger partial charge in [0.1, 0.15) is 0 Å². The first-order valence-corrected chi connectivity index (χ1v) is 12.3. The number of aromatic nitrogens is 3. The van der Waals surface area contributed by atoms with E-state index in [1.165, 1.54) is 18.2 Å². The number of hydrogen-bond donors (Lipinski definition) is 2. The molecule has 10 nitrogen and oxygen atoms in total. The summed E-state index contributed by atoms with van der Waals surface area (Å²) < 4.78 is 31.6. The molecule has 3 heterocycles. The van der Waals surface area contributed by atoms with Gasteiger partial charge in [0.2, 0.25) is 0 Å². The summed E-state index contributed by atoms with van der Waals surface area (Å²) in [7, 11) is -4.67. The van der Waals surface area contributed by atoms with Crippen molar-refractivity contribution < 1.29 is 32.8 Å². The van der Waals surface area contributed by atoms with Crippen molar-refractivity contribution in [3.63, 3.8) is 0 Å². The van der Waals surface area contributed by atoms with Crippen LogP contribution in [0.4, 0.5) is 0 Å². The summed E-state index contributed by atoms with van der Waals surface area (Å²) in [5, 5.41) is 36.1. The summed E-state index contributed by atoms with van der Waals surface area (Å²) in [6, 6.07) is 26.5. The quantitative estimate of drug-likeness (QED) is 0.208. The van der Waals surface area contributed by atoms with Crippen LogP contribution < -0.4 is 15.3 Å². The zero-order valence-corrected chi connectivity index (χ0v) is 22.1. The van der Waals surface area contributed by atoms with E-state index in [9.17, 15) is 15.3 Å². The molecular formula is C27H20AlN3O7S. The van der Waals surface area contributed by atoms with E-state index in [0.717, 1.165) is 16.2 Å². The standard InChI is InChI=1S/3C9H7NO.Al.H2O4S/c3*11-8-5-1-3-7-4-2-6-10-9(7)8;;1-5(2,3)4/h3*1-6,11H;;(H2,1,2,3,4)/q;;;+3;/p-3. The molecule has 0 fully saturated rings. The number of nitrogens with zero attached hydrogens (tertiary/aromatic N) is 3. The minimum atomic E-state index is -4.67. The molecule has 0 saturated carbocycles. The molecule has 0 saturated heterocycles. The second kappa shape index (κ2) is 14.6. The summed E-state index contributed by atoms with van der Waals surface area (Å²) in [6.45, 7) is 0. The first kappa shape index (κ1) is 30.9. The molecule has 6 rings (SSSR count). The van der Waals surface area contributed by atoms with Crippen molar-refractivity contribution in [2.45, 2.75) is 0 Å². The molecule has 194 valence electrons. The number of benzene rings is 3. The number of para-hydroxylation sites is 3. The Morgan fingerprint density at radius 3 is 0.949 bits per heavy atom. The Morgan fingerprint density at radius 1 is 0.487 bits per heavy atom. The van der Waals surface area contributed by atoms with E-state index >= 15 is 0 Å². The first-order chi connectivity index (χ1) is 18.1. The van der Waals surface area contributed by atoms with Gasteiger partial charge in [-0.2, -0.15) is 8.42 Å². The van der Waals surface area contributed by atoms with Crippen LogP contribution in [0.2, 0.25) is 0 Å². The van der Waals surface area contributed by atoms with Gasteiger partial charge in [-0.3, -0.25) is 24.1 Å². The van der Waals surface area contributed by atoms with Gasteiger partial charge in [0.25, 0.3) is 0 Å². The van der Waals surface area contributed by atoms with Crippen LogP contribution in [0.15, 0.2) is 110 Å². The van der Waals surface area contributed by atoms with Crippen LogP contribution in [0.1, 0.15) is 0 Å². The van der Waals surface area contributed by atoms with E-state index < -0.39 is 10.4 Å². The zero-order chi connectivity index (χ0) is 27.5. The fourth-order valence-electron chi connectivity index (χ4n) is 3.23. The molecule has 3 aromatic heterocycles. The van der Waals surface area contributed by atoms with Crippen molar-refractivity contribution in [1.82, 2.24) is 15.0 Å². The Kier molecular flexibility index (Phi) is 11.6. The smallest absolute Gasteiger partial charge is 0.871 e. The number of hydrogen-bond acceptors (Lipinski definition) is 8.